The van der Waals surface area contributed by atoms with Gasteiger partial charge in [-0.3, -0.25) is 14.9 Å². The van der Waals surface area contributed by atoms with Crippen LogP contribution >= 0.6 is 11.6 Å². The van der Waals surface area contributed by atoms with E-state index in [2.05, 4.69) is 5.32 Å². The Balaban J connectivity index is 1.74. The fraction of sp³-hybridized carbons (Fsp3) is 0.650. The van der Waals surface area contributed by atoms with Crippen LogP contribution in [-0.2, 0) is 35.0 Å². The van der Waals surface area contributed by atoms with Gasteiger partial charge in [0.1, 0.15) is 29.6 Å². The van der Waals surface area contributed by atoms with Crippen LogP contribution in [0.15, 0.2) is 35.9 Å². The maximum Gasteiger partial charge on any atom is 0.409 e. The zero-order valence-corrected chi connectivity index (χ0v) is 33.6. The first-order chi connectivity index (χ1) is 23.9. The number of anilines is 1. The molecule has 1 aromatic rings. The predicted molar refractivity (Wildman–Crippen MR) is 201 cm³/mol. The van der Waals surface area contributed by atoms with E-state index in [4.69, 9.17) is 25.8 Å². The molecule has 288 valence electrons. The number of amides is 3. The Bertz CT molecular complexity index is 1630. The molecule has 3 aliphatic rings. The molecule has 2 saturated heterocycles. The molecule has 0 aromatic heterocycles. The molecular formula is C40H58ClN3O8. The molecule has 4 bridgehead atoms. The molecular weight excluding hydrogens is 686 g/mol. The molecule has 0 saturated carbocycles. The van der Waals surface area contributed by atoms with Gasteiger partial charge in [-0.2, -0.15) is 0 Å². The minimum Gasteiger partial charge on any atom is -0.457 e. The molecule has 3 heterocycles. The van der Waals surface area contributed by atoms with E-state index in [9.17, 15) is 24.3 Å². The molecule has 7 unspecified atom stereocenters. The number of hydrogen-bond acceptors (Lipinski definition) is 8. The summed E-state index contributed by atoms with van der Waals surface area (Å²) >= 11 is 6.79. The van der Waals surface area contributed by atoms with Crippen molar-refractivity contribution in [3.05, 3.63) is 52.1 Å². The van der Waals surface area contributed by atoms with E-state index in [0.717, 1.165) is 16.7 Å². The summed E-state index contributed by atoms with van der Waals surface area (Å²) < 4.78 is 18.3. The number of esters is 1. The predicted octanol–water partition coefficient (Wildman–Crippen LogP) is 6.65. The van der Waals surface area contributed by atoms with Crippen molar-refractivity contribution in [2.24, 2.45) is 16.7 Å². The number of nitrogens with one attached hydrogen (secondary N) is 1. The maximum absolute atomic E-state index is 14.2. The number of allylic oxidation sites excluding steroid dienone is 3. The van der Waals surface area contributed by atoms with Gasteiger partial charge in [0.2, 0.25) is 11.8 Å². The van der Waals surface area contributed by atoms with E-state index >= 15 is 0 Å². The zero-order valence-electron chi connectivity index (χ0n) is 32.9. The molecule has 0 aliphatic carbocycles. The molecule has 2 fully saturated rings. The second kappa shape index (κ2) is 15.1. The fourth-order valence-electron chi connectivity index (χ4n) is 7.11. The van der Waals surface area contributed by atoms with Crippen molar-refractivity contribution in [3.63, 3.8) is 0 Å². The lowest BCUT2D eigenvalue weighted by Gasteiger charge is -2.45. The third kappa shape index (κ3) is 9.02. The zero-order chi connectivity index (χ0) is 39.1. The highest BCUT2D eigenvalue weighted by Crippen LogP contribution is 2.54. The number of fused-ring (bicyclic) bond motifs is 5. The topological polar surface area (TPSA) is 138 Å². The number of ether oxygens (including phenoxy) is 3. The van der Waals surface area contributed by atoms with Gasteiger partial charge in [-0.15, -0.1) is 0 Å². The van der Waals surface area contributed by atoms with Crippen molar-refractivity contribution in [1.82, 2.24) is 10.2 Å². The number of alkyl carbamates (subject to hydrolysis) is 1. The Morgan fingerprint density at radius 1 is 1.19 bits per heavy atom. The Morgan fingerprint density at radius 3 is 2.48 bits per heavy atom. The summed E-state index contributed by atoms with van der Waals surface area (Å²) in [5, 5.41) is 14.8. The van der Waals surface area contributed by atoms with Crippen LogP contribution in [0.5, 0.6) is 0 Å². The first-order valence-electron chi connectivity index (χ1n) is 18.1. The average molecular weight is 744 g/mol. The maximum atomic E-state index is 14.2. The van der Waals surface area contributed by atoms with Crippen LogP contribution in [-0.4, -0.2) is 83.7 Å². The summed E-state index contributed by atoms with van der Waals surface area (Å²) in [5.41, 5.74) is -0.465. The van der Waals surface area contributed by atoms with Crippen molar-refractivity contribution < 1.29 is 38.5 Å². The van der Waals surface area contributed by atoms with E-state index in [0.29, 0.717) is 23.6 Å². The number of likely N-dealkylation sites (N-methyl/N-ethyl adjacent to an activating group) is 1. The fourth-order valence-corrected chi connectivity index (χ4v) is 7.34. The normalized spacial score (nSPS) is 31.6. The van der Waals surface area contributed by atoms with Gasteiger partial charge in [0.25, 0.3) is 0 Å². The number of hydrogen-bond donors (Lipinski definition) is 2. The molecule has 7 atom stereocenters. The number of epoxide rings is 1. The largest absolute Gasteiger partial charge is 0.457 e. The second-order valence-corrected chi connectivity index (χ2v) is 17.5. The van der Waals surface area contributed by atoms with Gasteiger partial charge in [0.15, 0.2) is 0 Å². The lowest BCUT2D eigenvalue weighted by molar-refractivity contribution is -0.162. The minimum absolute atomic E-state index is 0.0583. The summed E-state index contributed by atoms with van der Waals surface area (Å²) in [6.07, 6.45) is 3.67. The molecule has 0 radical (unpaired) electrons. The SMILES string of the molecule is C/C1=C\C=C\C(C)C2(O)CC(OC(=O)N2)C(C)(C)C2OC2(C)C(OC(=O)C(C)N(C)C(=O)CCC(C)(C)C)CC(=O)N(C)c2cc(cc(C)c2Cl)C1. The van der Waals surface area contributed by atoms with Gasteiger partial charge in [-0.05, 0) is 63.1 Å². The number of aryl methyl sites for hydroxylation is 1. The monoisotopic (exact) mass is 743 g/mol. The molecule has 12 heteroatoms. The van der Waals surface area contributed by atoms with Crippen molar-refractivity contribution in [2.45, 2.75) is 137 Å². The van der Waals surface area contributed by atoms with E-state index in [-0.39, 0.29) is 36.5 Å². The summed E-state index contributed by atoms with van der Waals surface area (Å²) in [4.78, 5) is 56.8. The highest BCUT2D eigenvalue weighted by Gasteiger charge is 2.68. The van der Waals surface area contributed by atoms with Gasteiger partial charge in [0.05, 0.1) is 23.2 Å². The quantitative estimate of drug-likeness (QED) is 0.253. The van der Waals surface area contributed by atoms with E-state index in [1.807, 2.05) is 85.8 Å². The molecule has 11 nitrogen and oxygen atoms in total. The van der Waals surface area contributed by atoms with Gasteiger partial charge in [0, 0.05) is 38.3 Å². The molecule has 4 rings (SSSR count). The van der Waals surface area contributed by atoms with E-state index < -0.39 is 59.1 Å². The minimum atomic E-state index is -1.62. The number of carbonyl (C=O) groups excluding carboxylic acids is 4. The van der Waals surface area contributed by atoms with Crippen LogP contribution in [0.4, 0.5) is 10.5 Å². The van der Waals surface area contributed by atoms with Crippen LogP contribution in [0.1, 0.15) is 99.1 Å². The number of nitrogens with zero attached hydrogens (tertiary/aromatic N) is 2. The van der Waals surface area contributed by atoms with Crippen molar-refractivity contribution >= 4 is 41.2 Å². The number of carbonyl (C=O) groups is 4. The lowest BCUT2D eigenvalue weighted by atomic mass is 9.72. The van der Waals surface area contributed by atoms with E-state index in [1.165, 1.54) is 9.80 Å². The highest BCUT2D eigenvalue weighted by molar-refractivity contribution is 6.34. The third-order valence-corrected chi connectivity index (χ3v) is 11.6. The van der Waals surface area contributed by atoms with Crippen LogP contribution in [0.25, 0.3) is 0 Å². The van der Waals surface area contributed by atoms with Gasteiger partial charge in [-0.25, -0.2) is 9.59 Å². The number of aliphatic hydroxyl groups is 1. The smallest absolute Gasteiger partial charge is 0.409 e. The second-order valence-electron chi connectivity index (χ2n) is 17.1. The summed E-state index contributed by atoms with van der Waals surface area (Å²) in [6, 6.07) is 2.92. The third-order valence-electron chi connectivity index (χ3n) is 11.1. The highest BCUT2D eigenvalue weighted by atomic mass is 35.5. The van der Waals surface area contributed by atoms with E-state index in [1.54, 1.807) is 27.9 Å². The Kier molecular flexibility index (Phi) is 12.0. The first-order valence-corrected chi connectivity index (χ1v) is 18.5. The molecule has 2 N–H and O–H groups in total. The summed E-state index contributed by atoms with van der Waals surface area (Å²) in [7, 11) is 3.21. The molecule has 0 spiro atoms. The van der Waals surface area contributed by atoms with Crippen LogP contribution in [0.2, 0.25) is 5.02 Å². The Labute approximate surface area is 314 Å². The van der Waals surface area contributed by atoms with Crippen LogP contribution in [0.3, 0.4) is 0 Å². The Morgan fingerprint density at radius 2 is 1.85 bits per heavy atom. The van der Waals surface area contributed by atoms with Crippen LogP contribution < -0.4 is 10.2 Å². The summed E-state index contributed by atoms with van der Waals surface area (Å²) in [5.74, 6) is -1.72. The molecule has 3 amide bonds. The Hall–Kier alpha value is -3.41. The van der Waals surface area contributed by atoms with Gasteiger partial charge >= 0.3 is 12.1 Å². The number of halogens is 1. The molecule has 3 aliphatic heterocycles. The van der Waals surface area contributed by atoms with Gasteiger partial charge < -0.3 is 29.1 Å². The first kappa shape index (κ1) is 41.3. The van der Waals surface area contributed by atoms with Gasteiger partial charge in [-0.1, -0.05) is 83.0 Å². The van der Waals surface area contributed by atoms with Crippen molar-refractivity contribution in [1.29, 1.82) is 0 Å². The van der Waals surface area contributed by atoms with Crippen molar-refractivity contribution in [3.8, 4) is 0 Å². The van der Waals surface area contributed by atoms with Crippen LogP contribution in [0, 0.1) is 23.7 Å². The molecule has 1 aromatic carbocycles. The number of benzene rings is 1. The average Bonchev–Trinajstić information content (AvgIpc) is 3.76. The number of rotatable bonds is 5. The lowest BCUT2D eigenvalue weighted by Crippen LogP contribution is -2.62. The molecule has 52 heavy (non-hydrogen) atoms. The van der Waals surface area contributed by atoms with Crippen molar-refractivity contribution in [2.75, 3.05) is 19.0 Å². The summed E-state index contributed by atoms with van der Waals surface area (Å²) in [6.45, 7) is 18.9. The standard InChI is InChI=1S/C40H58ClN3O8/c1-23-14-13-15-25(3)40(49)22-30(51-36(48)42-40)38(8,9)35-39(10,52-35)29(50-34(47)26(4)43(11)31(45)16-17-37(5,6)7)21-32(46)44(12)28-20-27(18-23)19-24(2)33(28)41/h13-15,19-20,25-26,29-30,35,49H,16-18,21-22H2,1-12H3,(H,42,48)/b15-13+,23-14+.